The van der Waals surface area contributed by atoms with E-state index in [-0.39, 0.29) is 18.3 Å². The van der Waals surface area contributed by atoms with E-state index in [1.165, 1.54) is 36.4 Å². The molecular weight excluding hydrogens is 482 g/mol. The Labute approximate surface area is 204 Å². The molecule has 0 N–H and O–H groups in total. The number of hydrogen-bond acceptors (Lipinski definition) is 5. The minimum atomic E-state index is -4.50. The number of methoxy groups -OCH3 is 1. The van der Waals surface area contributed by atoms with Crippen LogP contribution in [0.1, 0.15) is 36.0 Å². The molecule has 2 aromatic rings. The summed E-state index contributed by atoms with van der Waals surface area (Å²) >= 11 is 0. The van der Waals surface area contributed by atoms with Crippen molar-refractivity contribution in [3.8, 4) is 0 Å². The van der Waals surface area contributed by atoms with Crippen LogP contribution >= 0.6 is 0 Å². The number of ether oxygens (including phenoxy) is 1. The van der Waals surface area contributed by atoms with Gasteiger partial charge in [0.1, 0.15) is 12.6 Å². The lowest BCUT2D eigenvalue weighted by Gasteiger charge is -2.72. The number of amides is 2. The second-order valence-corrected chi connectivity index (χ2v) is 10.0. The molecule has 1 aromatic carbocycles. The van der Waals surface area contributed by atoms with Crippen molar-refractivity contribution < 1.29 is 36.7 Å². The molecule has 1 aliphatic heterocycles. The van der Waals surface area contributed by atoms with Crippen molar-refractivity contribution in [2.75, 3.05) is 18.6 Å². The van der Waals surface area contributed by atoms with Crippen molar-refractivity contribution in [3.63, 3.8) is 0 Å². The summed E-state index contributed by atoms with van der Waals surface area (Å²) in [6, 6.07) is 4.58. The van der Waals surface area contributed by atoms with Crippen LogP contribution in [0, 0.1) is 23.6 Å². The second kappa shape index (κ2) is 8.01. The molecule has 2 bridgehead atoms. The number of carbonyl (C=O) groups is 3. The number of aromatic nitrogens is 1. The fourth-order valence-corrected chi connectivity index (χ4v) is 5.99. The zero-order valence-electron chi connectivity index (χ0n) is 19.6. The summed E-state index contributed by atoms with van der Waals surface area (Å²) in [4.78, 5) is 45.7. The maximum atomic E-state index is 14.7. The van der Waals surface area contributed by atoms with E-state index in [1.807, 2.05) is 0 Å². The number of carbonyl (C=O) groups excluding carboxylic acids is 3. The third-order valence-corrected chi connectivity index (χ3v) is 7.54. The number of alkyl halides is 3. The van der Waals surface area contributed by atoms with Gasteiger partial charge in [-0.05, 0) is 55.5 Å². The van der Waals surface area contributed by atoms with Gasteiger partial charge >= 0.3 is 12.1 Å². The van der Waals surface area contributed by atoms with E-state index in [0.29, 0.717) is 30.4 Å². The van der Waals surface area contributed by atoms with E-state index in [9.17, 15) is 31.9 Å². The van der Waals surface area contributed by atoms with Gasteiger partial charge in [0.25, 0.3) is 5.91 Å². The third kappa shape index (κ3) is 3.63. The zero-order chi connectivity index (χ0) is 26.0. The van der Waals surface area contributed by atoms with Gasteiger partial charge in [0.2, 0.25) is 5.91 Å². The van der Waals surface area contributed by atoms with Crippen molar-refractivity contribution >= 4 is 23.6 Å². The van der Waals surface area contributed by atoms with E-state index in [0.717, 1.165) is 17.0 Å². The molecule has 7 nitrogen and oxygen atoms in total. The molecular formula is C25H23F4N3O4. The molecule has 2 heterocycles. The van der Waals surface area contributed by atoms with Gasteiger partial charge < -0.3 is 9.64 Å². The van der Waals surface area contributed by atoms with E-state index in [2.05, 4.69) is 4.98 Å². The first kappa shape index (κ1) is 24.2. The number of hydrogen-bond donors (Lipinski definition) is 0. The third-order valence-electron chi connectivity index (χ3n) is 7.54. The van der Waals surface area contributed by atoms with E-state index < -0.39 is 52.8 Å². The number of piperazine rings is 1. The van der Waals surface area contributed by atoms with Gasteiger partial charge in [-0.2, -0.15) is 13.2 Å². The molecule has 1 unspecified atom stereocenters. The minimum absolute atomic E-state index is 0.0992. The molecule has 6 rings (SSSR count). The first-order valence-electron chi connectivity index (χ1n) is 11.4. The lowest BCUT2D eigenvalue weighted by molar-refractivity contribution is -0.245. The van der Waals surface area contributed by atoms with E-state index in [4.69, 9.17) is 4.74 Å². The average Bonchev–Trinajstić information content (AvgIpc) is 2.76. The molecule has 3 saturated carbocycles. The Balaban J connectivity index is 1.47. The Morgan fingerprint density at radius 1 is 1.17 bits per heavy atom. The lowest BCUT2D eigenvalue weighted by atomic mass is 9.32. The molecule has 0 spiro atoms. The summed E-state index contributed by atoms with van der Waals surface area (Å²) in [5.74, 6) is -2.40. The van der Waals surface area contributed by atoms with Crippen molar-refractivity contribution in [2.45, 2.75) is 44.9 Å². The van der Waals surface area contributed by atoms with Gasteiger partial charge in [-0.25, -0.2) is 9.37 Å². The smallest absolute Gasteiger partial charge is 0.416 e. The average molecular weight is 505 g/mol. The molecule has 1 aromatic heterocycles. The van der Waals surface area contributed by atoms with Crippen molar-refractivity contribution in [3.05, 3.63) is 59.0 Å². The Hall–Kier alpha value is -3.50. The summed E-state index contributed by atoms with van der Waals surface area (Å²) in [7, 11) is 1.29. The largest absolute Gasteiger partial charge is 0.469 e. The number of esters is 1. The highest BCUT2D eigenvalue weighted by atomic mass is 19.4. The summed E-state index contributed by atoms with van der Waals surface area (Å²) < 4.78 is 58.5. The summed E-state index contributed by atoms with van der Waals surface area (Å²) in [6.45, 7) is 1.09. The summed E-state index contributed by atoms with van der Waals surface area (Å²) in [6.07, 6.45) is -2.11. The number of halogens is 4. The lowest BCUT2D eigenvalue weighted by Crippen LogP contribution is -2.77. The molecule has 1 atom stereocenters. The number of benzene rings is 1. The topological polar surface area (TPSA) is 79.8 Å². The Morgan fingerprint density at radius 2 is 1.81 bits per heavy atom. The van der Waals surface area contributed by atoms with Crippen molar-refractivity contribution in [1.82, 2.24) is 9.88 Å². The van der Waals surface area contributed by atoms with Gasteiger partial charge in [-0.1, -0.05) is 12.1 Å². The highest BCUT2D eigenvalue weighted by molar-refractivity contribution is 6.07. The first-order chi connectivity index (χ1) is 16.9. The van der Waals surface area contributed by atoms with E-state index in [1.54, 1.807) is 6.92 Å². The molecule has 1 saturated heterocycles. The molecule has 11 heteroatoms. The van der Waals surface area contributed by atoms with Crippen LogP contribution in [-0.2, 0) is 31.8 Å². The van der Waals surface area contributed by atoms with Gasteiger partial charge in [0, 0.05) is 18.2 Å². The normalized spacial score (nSPS) is 27.4. The maximum absolute atomic E-state index is 14.7. The standard InChI is InChI=1S/C25H23F4N3O4/c1-14-7-17(26)20(30-8-14)32-10-18(33)31(9-15-3-5-16(6-4-15)25(27,28)29)19(21(32)34)23-11-24(12-23,13-23)22(35)36-2/h3-8,19H,9-13H2,1-2H3. The van der Waals surface area contributed by atoms with Crippen LogP contribution in [0.5, 0.6) is 0 Å². The Kier molecular flexibility index (Phi) is 5.38. The van der Waals surface area contributed by atoms with Crippen LogP contribution < -0.4 is 4.90 Å². The van der Waals surface area contributed by atoms with Crippen LogP contribution in [0.3, 0.4) is 0 Å². The second-order valence-electron chi connectivity index (χ2n) is 10.0. The van der Waals surface area contributed by atoms with Gasteiger partial charge in [-0.15, -0.1) is 0 Å². The minimum Gasteiger partial charge on any atom is -0.469 e. The summed E-state index contributed by atoms with van der Waals surface area (Å²) in [5, 5.41) is 0. The molecule has 2 amide bonds. The number of aryl methyl sites for hydroxylation is 1. The van der Waals surface area contributed by atoms with Crippen LogP contribution in [0.15, 0.2) is 36.5 Å². The fourth-order valence-electron chi connectivity index (χ4n) is 5.99. The Bertz CT molecular complexity index is 1240. The van der Waals surface area contributed by atoms with Crippen LogP contribution in [-0.4, -0.2) is 47.4 Å². The molecule has 190 valence electrons. The summed E-state index contributed by atoms with van der Waals surface area (Å²) in [5.41, 5.74) is -1.26. The number of nitrogens with zero attached hydrogens (tertiary/aromatic N) is 3. The number of pyridine rings is 1. The fraction of sp³-hybridized carbons (Fsp3) is 0.440. The van der Waals surface area contributed by atoms with Gasteiger partial charge in [0.05, 0.1) is 18.1 Å². The van der Waals surface area contributed by atoms with Crippen molar-refractivity contribution in [2.24, 2.45) is 10.8 Å². The quantitative estimate of drug-likeness (QED) is 0.458. The highest BCUT2D eigenvalue weighted by Crippen LogP contribution is 2.76. The Morgan fingerprint density at radius 3 is 2.36 bits per heavy atom. The predicted octanol–water partition coefficient (Wildman–Crippen LogP) is 3.64. The van der Waals surface area contributed by atoms with Crippen LogP contribution in [0.25, 0.3) is 0 Å². The van der Waals surface area contributed by atoms with Crippen LogP contribution in [0.4, 0.5) is 23.4 Å². The molecule has 4 aliphatic rings. The predicted molar refractivity (Wildman–Crippen MR) is 118 cm³/mol. The number of rotatable bonds is 5. The number of anilines is 1. The molecule has 4 fully saturated rings. The van der Waals surface area contributed by atoms with E-state index >= 15 is 0 Å². The maximum Gasteiger partial charge on any atom is 0.416 e. The monoisotopic (exact) mass is 505 g/mol. The van der Waals surface area contributed by atoms with Crippen LogP contribution in [0.2, 0.25) is 0 Å². The first-order valence-corrected chi connectivity index (χ1v) is 11.4. The molecule has 3 aliphatic carbocycles. The molecule has 0 radical (unpaired) electrons. The van der Waals surface area contributed by atoms with Gasteiger partial charge in [-0.3, -0.25) is 19.3 Å². The zero-order valence-corrected chi connectivity index (χ0v) is 19.6. The highest BCUT2D eigenvalue weighted by Gasteiger charge is 2.77. The SMILES string of the molecule is COC(=O)C12CC(C3C(=O)N(c4ncc(C)cc4F)CC(=O)N3Cc3ccc(C(F)(F)F)cc3)(C1)C2. The van der Waals surface area contributed by atoms with Gasteiger partial charge in [0.15, 0.2) is 11.6 Å². The molecule has 36 heavy (non-hydrogen) atoms. The van der Waals surface area contributed by atoms with Crippen molar-refractivity contribution in [1.29, 1.82) is 0 Å².